The molecule has 1 aliphatic rings. The molecule has 1 aliphatic heterocycles. The fourth-order valence-corrected chi connectivity index (χ4v) is 2.99. The van der Waals surface area contributed by atoms with Gasteiger partial charge in [-0.2, -0.15) is 0 Å². The fourth-order valence-electron chi connectivity index (χ4n) is 2.99. The van der Waals surface area contributed by atoms with Crippen LogP contribution in [0.3, 0.4) is 0 Å². The molecule has 31 heavy (non-hydrogen) atoms. The quantitative estimate of drug-likeness (QED) is 0.518. The summed E-state index contributed by atoms with van der Waals surface area (Å²) >= 11 is 0. The van der Waals surface area contributed by atoms with Crippen molar-refractivity contribution < 1.29 is 33.8 Å². The van der Waals surface area contributed by atoms with Crippen molar-refractivity contribution in [3.05, 3.63) is 59.2 Å². The maximum absolute atomic E-state index is 13.0. The lowest BCUT2D eigenvalue weighted by atomic mass is 10.0. The summed E-state index contributed by atoms with van der Waals surface area (Å²) < 4.78 is 10.8. The Hall–Kier alpha value is -4.14. The van der Waals surface area contributed by atoms with Gasteiger partial charge in [0.15, 0.2) is 0 Å². The maximum Gasteiger partial charge on any atom is 0.335 e. The molecule has 1 saturated heterocycles. The molecule has 0 aliphatic carbocycles. The van der Waals surface area contributed by atoms with E-state index >= 15 is 0 Å². The molecule has 0 saturated carbocycles. The van der Waals surface area contributed by atoms with Crippen molar-refractivity contribution in [1.82, 2.24) is 5.32 Å². The van der Waals surface area contributed by atoms with Crippen LogP contribution in [0.4, 0.5) is 10.5 Å². The Kier molecular flexibility index (Phi) is 6.35. The Morgan fingerprint density at radius 2 is 1.71 bits per heavy atom. The number of benzene rings is 2. The van der Waals surface area contributed by atoms with Gasteiger partial charge in [-0.05, 0) is 62.4 Å². The Bertz CT molecular complexity index is 1070. The second-order valence-electron chi connectivity index (χ2n) is 6.38. The van der Waals surface area contributed by atoms with Crippen molar-refractivity contribution in [3.8, 4) is 11.5 Å². The maximum atomic E-state index is 13.0. The third-order valence-electron chi connectivity index (χ3n) is 4.36. The first kappa shape index (κ1) is 21.6. The minimum absolute atomic E-state index is 0.0431. The molecular formula is C22H20N2O7. The van der Waals surface area contributed by atoms with Gasteiger partial charge in [-0.1, -0.05) is 0 Å². The third-order valence-corrected chi connectivity index (χ3v) is 4.36. The molecule has 0 aromatic heterocycles. The zero-order valence-electron chi connectivity index (χ0n) is 16.9. The lowest BCUT2D eigenvalue weighted by Gasteiger charge is -2.26. The highest BCUT2D eigenvalue weighted by Crippen LogP contribution is 2.27. The number of rotatable bonds is 7. The van der Waals surface area contributed by atoms with E-state index in [1.807, 2.05) is 6.92 Å². The molecule has 0 spiro atoms. The Morgan fingerprint density at radius 3 is 2.32 bits per heavy atom. The van der Waals surface area contributed by atoms with E-state index in [1.165, 1.54) is 36.4 Å². The van der Waals surface area contributed by atoms with E-state index in [1.54, 1.807) is 19.1 Å². The molecule has 0 bridgehead atoms. The number of ether oxygens (including phenoxy) is 2. The van der Waals surface area contributed by atoms with Crippen LogP contribution < -0.4 is 19.7 Å². The molecule has 0 unspecified atom stereocenters. The van der Waals surface area contributed by atoms with Crippen LogP contribution in [0.5, 0.6) is 11.5 Å². The topological polar surface area (TPSA) is 122 Å². The van der Waals surface area contributed by atoms with E-state index in [9.17, 15) is 24.3 Å². The number of anilines is 1. The van der Waals surface area contributed by atoms with Crippen molar-refractivity contribution in [2.75, 3.05) is 18.1 Å². The standard InChI is InChI=1S/C22H20N2O7/c1-3-30-16-8-6-15(7-9-16)24-20(26)17(19(25)23-22(24)29)12-14-11-13(21(27)28)5-10-18(14)31-4-2/h5-12H,3-4H2,1-2H3,(H,27,28)(H,23,25,29)/b17-12+. The fraction of sp³-hybridized carbons (Fsp3) is 0.182. The molecule has 1 fully saturated rings. The molecule has 2 N–H and O–H groups in total. The van der Waals surface area contributed by atoms with Crippen molar-refractivity contribution in [2.45, 2.75) is 13.8 Å². The minimum atomic E-state index is -1.17. The highest BCUT2D eigenvalue weighted by Gasteiger charge is 2.37. The first-order valence-electron chi connectivity index (χ1n) is 9.50. The van der Waals surface area contributed by atoms with Crippen LogP contribution in [-0.2, 0) is 9.59 Å². The molecular weight excluding hydrogens is 404 g/mol. The van der Waals surface area contributed by atoms with Gasteiger partial charge in [0.25, 0.3) is 11.8 Å². The van der Waals surface area contributed by atoms with E-state index in [0.29, 0.717) is 24.7 Å². The van der Waals surface area contributed by atoms with E-state index in [-0.39, 0.29) is 22.4 Å². The number of hydrogen-bond acceptors (Lipinski definition) is 6. The molecule has 0 radical (unpaired) electrons. The Labute approximate surface area is 177 Å². The van der Waals surface area contributed by atoms with Crippen LogP contribution in [0, 0.1) is 0 Å². The van der Waals surface area contributed by atoms with Crippen molar-refractivity contribution in [2.24, 2.45) is 0 Å². The summed E-state index contributed by atoms with van der Waals surface area (Å²) in [4.78, 5) is 49.9. The lowest BCUT2D eigenvalue weighted by Crippen LogP contribution is -2.54. The molecule has 1 heterocycles. The predicted molar refractivity (Wildman–Crippen MR) is 111 cm³/mol. The van der Waals surface area contributed by atoms with E-state index < -0.39 is 23.8 Å². The molecule has 4 amide bonds. The van der Waals surface area contributed by atoms with Gasteiger partial charge in [-0.15, -0.1) is 0 Å². The number of imide groups is 2. The zero-order chi connectivity index (χ0) is 22.5. The summed E-state index contributed by atoms with van der Waals surface area (Å²) in [5.41, 5.74) is 0.0882. The first-order chi connectivity index (χ1) is 14.8. The average molecular weight is 424 g/mol. The highest BCUT2D eigenvalue weighted by atomic mass is 16.5. The van der Waals surface area contributed by atoms with Crippen LogP contribution in [0.1, 0.15) is 29.8 Å². The van der Waals surface area contributed by atoms with Crippen LogP contribution in [0.15, 0.2) is 48.0 Å². The number of barbiturate groups is 1. The molecule has 3 rings (SSSR count). The Balaban J connectivity index is 2.02. The second-order valence-corrected chi connectivity index (χ2v) is 6.38. The number of amides is 4. The van der Waals surface area contributed by atoms with Gasteiger partial charge in [-0.3, -0.25) is 14.9 Å². The lowest BCUT2D eigenvalue weighted by molar-refractivity contribution is -0.122. The number of nitrogens with zero attached hydrogens (tertiary/aromatic N) is 1. The summed E-state index contributed by atoms with van der Waals surface area (Å²) in [6, 6.07) is 9.44. The number of carboxylic acid groups (broad SMARTS) is 1. The van der Waals surface area contributed by atoms with E-state index in [4.69, 9.17) is 9.47 Å². The third kappa shape index (κ3) is 4.55. The second kappa shape index (κ2) is 9.12. The number of carbonyl (C=O) groups excluding carboxylic acids is 3. The molecule has 2 aromatic carbocycles. The first-order valence-corrected chi connectivity index (χ1v) is 9.50. The van der Waals surface area contributed by atoms with Gasteiger partial charge < -0.3 is 14.6 Å². The van der Waals surface area contributed by atoms with Gasteiger partial charge in [0.2, 0.25) is 0 Å². The number of hydrogen-bond donors (Lipinski definition) is 2. The van der Waals surface area contributed by atoms with Crippen molar-refractivity contribution in [3.63, 3.8) is 0 Å². The smallest absolute Gasteiger partial charge is 0.335 e. The predicted octanol–water partition coefficient (Wildman–Crippen LogP) is 2.85. The van der Waals surface area contributed by atoms with E-state index in [2.05, 4.69) is 5.32 Å². The number of carboxylic acids is 1. The van der Waals surface area contributed by atoms with Gasteiger partial charge in [0, 0.05) is 5.56 Å². The van der Waals surface area contributed by atoms with Crippen LogP contribution >= 0.6 is 0 Å². The van der Waals surface area contributed by atoms with Gasteiger partial charge in [0.1, 0.15) is 17.1 Å². The average Bonchev–Trinajstić information content (AvgIpc) is 2.73. The molecule has 0 atom stereocenters. The summed E-state index contributed by atoms with van der Waals surface area (Å²) in [6.45, 7) is 4.32. The van der Waals surface area contributed by atoms with Crippen LogP contribution in [0.2, 0.25) is 0 Å². The molecule has 9 nitrogen and oxygen atoms in total. The molecule has 160 valence electrons. The number of carbonyl (C=O) groups is 4. The molecule has 2 aromatic rings. The molecule has 9 heteroatoms. The SMILES string of the molecule is CCOc1ccc(N2C(=O)NC(=O)/C(=C\c3cc(C(=O)O)ccc3OCC)C2=O)cc1. The summed E-state index contributed by atoms with van der Waals surface area (Å²) in [5.74, 6) is -2.05. The summed E-state index contributed by atoms with van der Waals surface area (Å²) in [5, 5.41) is 11.4. The number of urea groups is 1. The largest absolute Gasteiger partial charge is 0.494 e. The van der Waals surface area contributed by atoms with Gasteiger partial charge in [-0.25, -0.2) is 14.5 Å². The van der Waals surface area contributed by atoms with Crippen molar-refractivity contribution >= 4 is 35.6 Å². The minimum Gasteiger partial charge on any atom is -0.494 e. The van der Waals surface area contributed by atoms with Crippen LogP contribution in [-0.4, -0.2) is 42.1 Å². The summed E-state index contributed by atoms with van der Waals surface area (Å²) in [6.07, 6.45) is 1.21. The highest BCUT2D eigenvalue weighted by molar-refractivity contribution is 6.39. The monoisotopic (exact) mass is 424 g/mol. The van der Waals surface area contributed by atoms with E-state index in [0.717, 1.165) is 4.90 Å². The Morgan fingerprint density at radius 1 is 1.03 bits per heavy atom. The summed E-state index contributed by atoms with van der Waals surface area (Å²) in [7, 11) is 0. The van der Waals surface area contributed by atoms with Crippen molar-refractivity contribution in [1.29, 1.82) is 0 Å². The number of nitrogens with one attached hydrogen (secondary N) is 1. The normalized spacial score (nSPS) is 15.1. The van der Waals surface area contributed by atoms with Gasteiger partial charge >= 0.3 is 12.0 Å². The number of aromatic carboxylic acids is 1. The van der Waals surface area contributed by atoms with Crippen LogP contribution in [0.25, 0.3) is 6.08 Å². The zero-order valence-corrected chi connectivity index (χ0v) is 16.9. The van der Waals surface area contributed by atoms with Gasteiger partial charge in [0.05, 0.1) is 24.5 Å².